The Balaban J connectivity index is 1.91. The molecule has 2 aromatic heterocycles. The molecule has 34 heavy (non-hydrogen) atoms. The smallest absolute Gasteiger partial charge is 0.328 e. The van der Waals surface area contributed by atoms with Crippen LogP contribution in [0.5, 0.6) is 0 Å². The van der Waals surface area contributed by atoms with Crippen LogP contribution in [0.1, 0.15) is 11.1 Å². The van der Waals surface area contributed by atoms with E-state index in [0.29, 0.717) is 33.9 Å². The molecular weight excluding hydrogens is 428 g/mol. The second-order valence-corrected chi connectivity index (χ2v) is 7.42. The highest BCUT2D eigenvalue weighted by Gasteiger charge is 2.11. The first-order valence-corrected chi connectivity index (χ1v) is 10.5. The summed E-state index contributed by atoms with van der Waals surface area (Å²) in [5, 5.41) is 18.2. The fraction of sp³-hybridized carbons (Fsp3) is 0. The zero-order valence-corrected chi connectivity index (χ0v) is 18.0. The van der Waals surface area contributed by atoms with Crippen LogP contribution in [0.3, 0.4) is 0 Å². The van der Waals surface area contributed by atoms with Crippen molar-refractivity contribution in [2.45, 2.75) is 0 Å². The predicted octanol–water partition coefficient (Wildman–Crippen LogP) is 5.67. The third-order valence-corrected chi connectivity index (χ3v) is 4.93. The van der Waals surface area contributed by atoms with E-state index in [1.165, 1.54) is 12.2 Å². The number of aromatic nitrogens is 2. The van der Waals surface area contributed by atoms with Gasteiger partial charge < -0.3 is 10.2 Å². The Morgan fingerprint density at radius 3 is 1.26 bits per heavy atom. The number of nitrogens with zero attached hydrogens (tertiary/aromatic N) is 2. The maximum Gasteiger partial charge on any atom is 0.328 e. The van der Waals surface area contributed by atoms with E-state index in [1.54, 1.807) is 12.1 Å². The van der Waals surface area contributed by atoms with Crippen molar-refractivity contribution in [2.24, 2.45) is 0 Å². The second kappa shape index (κ2) is 10.2. The van der Waals surface area contributed by atoms with Gasteiger partial charge in [0.1, 0.15) is 0 Å². The molecule has 0 saturated carbocycles. The Labute approximate surface area is 196 Å². The Kier molecular flexibility index (Phi) is 6.70. The van der Waals surface area contributed by atoms with Gasteiger partial charge in [0, 0.05) is 23.3 Å². The summed E-state index contributed by atoms with van der Waals surface area (Å²) in [6, 6.07) is 26.2. The molecule has 2 heterocycles. The van der Waals surface area contributed by atoms with E-state index in [1.807, 2.05) is 72.8 Å². The van der Waals surface area contributed by atoms with Gasteiger partial charge in [0.2, 0.25) is 0 Å². The SMILES string of the molecule is O=C(O)/C=C/c1cc(-c2ccccc2)nc(-c2cc(/C=C/C(=O)O)cc(-c3ccccc3)n2)c1. The predicted molar refractivity (Wildman–Crippen MR) is 132 cm³/mol. The fourth-order valence-corrected chi connectivity index (χ4v) is 3.41. The minimum absolute atomic E-state index is 0.536. The lowest BCUT2D eigenvalue weighted by Gasteiger charge is -2.10. The van der Waals surface area contributed by atoms with E-state index in [4.69, 9.17) is 20.2 Å². The van der Waals surface area contributed by atoms with Gasteiger partial charge in [-0.15, -0.1) is 0 Å². The summed E-state index contributed by atoms with van der Waals surface area (Å²) in [4.78, 5) is 31.7. The van der Waals surface area contributed by atoms with Crippen LogP contribution in [0.4, 0.5) is 0 Å². The van der Waals surface area contributed by atoms with Gasteiger partial charge in [-0.2, -0.15) is 0 Å². The van der Waals surface area contributed by atoms with E-state index >= 15 is 0 Å². The van der Waals surface area contributed by atoms with Crippen LogP contribution in [-0.2, 0) is 9.59 Å². The van der Waals surface area contributed by atoms with Gasteiger partial charge in [0.05, 0.1) is 22.8 Å². The van der Waals surface area contributed by atoms with Gasteiger partial charge in [0.15, 0.2) is 0 Å². The molecule has 4 rings (SSSR count). The molecule has 0 aliphatic rings. The Bertz CT molecular complexity index is 1290. The Morgan fingerprint density at radius 2 is 0.912 bits per heavy atom. The van der Waals surface area contributed by atoms with Crippen LogP contribution < -0.4 is 0 Å². The third-order valence-electron chi connectivity index (χ3n) is 4.93. The van der Waals surface area contributed by atoms with Gasteiger partial charge in [-0.25, -0.2) is 19.6 Å². The number of aliphatic carboxylic acids is 2. The monoisotopic (exact) mass is 448 g/mol. The summed E-state index contributed by atoms with van der Waals surface area (Å²) in [5.41, 5.74) is 5.46. The summed E-state index contributed by atoms with van der Waals surface area (Å²) < 4.78 is 0. The van der Waals surface area contributed by atoms with Crippen molar-refractivity contribution in [1.29, 1.82) is 0 Å². The number of carboxylic acid groups (broad SMARTS) is 2. The second-order valence-electron chi connectivity index (χ2n) is 7.42. The molecule has 2 N–H and O–H groups in total. The molecule has 0 aliphatic carbocycles. The van der Waals surface area contributed by atoms with Crippen molar-refractivity contribution in [2.75, 3.05) is 0 Å². The largest absolute Gasteiger partial charge is 0.478 e. The molecule has 0 bridgehead atoms. The molecule has 0 fully saturated rings. The molecule has 6 heteroatoms. The summed E-state index contributed by atoms with van der Waals surface area (Å²) in [6.45, 7) is 0. The van der Waals surface area contributed by atoms with Crippen LogP contribution in [0, 0.1) is 0 Å². The molecule has 6 nitrogen and oxygen atoms in total. The van der Waals surface area contributed by atoms with Crippen molar-refractivity contribution >= 4 is 24.1 Å². The molecule has 0 atom stereocenters. The van der Waals surface area contributed by atoms with Gasteiger partial charge in [0.25, 0.3) is 0 Å². The lowest BCUT2D eigenvalue weighted by molar-refractivity contribution is -0.132. The normalized spacial score (nSPS) is 11.2. The summed E-state index contributed by atoms with van der Waals surface area (Å²) >= 11 is 0. The average Bonchev–Trinajstić information content (AvgIpc) is 2.87. The molecule has 0 saturated heterocycles. The van der Waals surface area contributed by atoms with Crippen molar-refractivity contribution in [3.8, 4) is 33.9 Å². The van der Waals surface area contributed by atoms with Crippen molar-refractivity contribution in [3.63, 3.8) is 0 Å². The van der Waals surface area contributed by atoms with Gasteiger partial charge in [-0.05, 0) is 47.5 Å². The van der Waals surface area contributed by atoms with Gasteiger partial charge in [-0.1, -0.05) is 60.7 Å². The molecule has 166 valence electrons. The zero-order chi connectivity index (χ0) is 23.9. The zero-order valence-electron chi connectivity index (χ0n) is 18.0. The van der Waals surface area contributed by atoms with Crippen molar-refractivity contribution in [3.05, 3.63) is 108 Å². The number of benzene rings is 2. The Hall–Kier alpha value is -4.84. The van der Waals surface area contributed by atoms with E-state index in [0.717, 1.165) is 23.3 Å². The summed E-state index contributed by atoms with van der Waals surface area (Å²) in [7, 11) is 0. The van der Waals surface area contributed by atoms with Crippen molar-refractivity contribution in [1.82, 2.24) is 9.97 Å². The number of rotatable bonds is 7. The molecule has 0 amide bonds. The maximum absolute atomic E-state index is 11.1. The maximum atomic E-state index is 11.1. The molecule has 2 aromatic carbocycles. The first-order valence-electron chi connectivity index (χ1n) is 10.5. The number of carboxylic acids is 2. The molecule has 0 unspecified atom stereocenters. The third kappa shape index (κ3) is 5.69. The van der Waals surface area contributed by atoms with E-state index in [9.17, 15) is 9.59 Å². The molecule has 0 aliphatic heterocycles. The Morgan fingerprint density at radius 1 is 0.559 bits per heavy atom. The van der Waals surface area contributed by atoms with Crippen LogP contribution in [0.15, 0.2) is 97.1 Å². The lowest BCUT2D eigenvalue weighted by atomic mass is 10.0. The average molecular weight is 448 g/mol. The highest BCUT2D eigenvalue weighted by molar-refractivity contribution is 5.87. The number of hydrogen-bond acceptors (Lipinski definition) is 4. The molecule has 0 radical (unpaired) electrons. The first-order chi connectivity index (χ1) is 16.5. The van der Waals surface area contributed by atoms with E-state index in [-0.39, 0.29) is 0 Å². The standard InChI is InChI=1S/C28H20N2O4/c31-27(32)13-11-19-15-23(21-7-3-1-4-8-21)29-25(17-19)26-18-20(12-14-28(33)34)16-24(30-26)22-9-5-2-6-10-22/h1-18H,(H,31,32)(H,33,34)/b13-11+,14-12+. The van der Waals surface area contributed by atoms with Crippen LogP contribution in [0.25, 0.3) is 46.1 Å². The molecule has 0 spiro atoms. The topological polar surface area (TPSA) is 100 Å². The lowest BCUT2D eigenvalue weighted by Crippen LogP contribution is -1.96. The molecular formula is C28H20N2O4. The summed E-state index contributed by atoms with van der Waals surface area (Å²) in [5.74, 6) is -2.10. The highest BCUT2D eigenvalue weighted by Crippen LogP contribution is 2.28. The van der Waals surface area contributed by atoms with Crippen molar-refractivity contribution < 1.29 is 19.8 Å². The quantitative estimate of drug-likeness (QED) is 0.353. The van der Waals surface area contributed by atoms with Crippen LogP contribution in [0.2, 0.25) is 0 Å². The van der Waals surface area contributed by atoms with Gasteiger partial charge in [-0.3, -0.25) is 0 Å². The minimum Gasteiger partial charge on any atom is -0.478 e. The summed E-state index contributed by atoms with van der Waals surface area (Å²) in [6.07, 6.45) is 5.16. The molecule has 4 aromatic rings. The minimum atomic E-state index is -1.05. The van der Waals surface area contributed by atoms with Gasteiger partial charge >= 0.3 is 11.9 Å². The fourth-order valence-electron chi connectivity index (χ4n) is 3.41. The van der Waals surface area contributed by atoms with E-state index < -0.39 is 11.9 Å². The van der Waals surface area contributed by atoms with Crippen LogP contribution >= 0.6 is 0 Å². The van der Waals surface area contributed by atoms with E-state index in [2.05, 4.69) is 0 Å². The van der Waals surface area contributed by atoms with Crippen LogP contribution in [-0.4, -0.2) is 32.1 Å². The number of pyridine rings is 2. The number of carbonyl (C=O) groups is 2. The highest BCUT2D eigenvalue weighted by atomic mass is 16.4. The first kappa shape index (κ1) is 22.4. The number of hydrogen-bond donors (Lipinski definition) is 2.